The van der Waals surface area contributed by atoms with Crippen molar-refractivity contribution in [2.24, 2.45) is 0 Å². The van der Waals surface area contributed by atoms with Crippen molar-refractivity contribution >= 4 is 15.9 Å². The summed E-state index contributed by atoms with van der Waals surface area (Å²) in [7, 11) is 0. The van der Waals surface area contributed by atoms with E-state index in [9.17, 15) is 17.6 Å². The van der Waals surface area contributed by atoms with Gasteiger partial charge in [0.05, 0.1) is 0 Å². The van der Waals surface area contributed by atoms with E-state index in [1.165, 1.54) is 12.1 Å². The maximum absolute atomic E-state index is 12.3. The molecule has 0 aromatic heterocycles. The molecule has 0 unspecified atom stereocenters. The number of rotatable bonds is 2. The molecule has 1 rings (SSSR count). The van der Waals surface area contributed by atoms with Crippen LogP contribution in [0.25, 0.3) is 0 Å². The van der Waals surface area contributed by atoms with E-state index in [0.29, 0.717) is 4.47 Å². The number of benzene rings is 1. The fraction of sp³-hybridized carbons (Fsp3) is 0.250. The van der Waals surface area contributed by atoms with Gasteiger partial charge in [-0.15, -0.1) is 13.2 Å². The van der Waals surface area contributed by atoms with Gasteiger partial charge < -0.3 is 4.74 Å². The van der Waals surface area contributed by atoms with Gasteiger partial charge in [0.25, 0.3) is 0 Å². The van der Waals surface area contributed by atoms with Gasteiger partial charge in [0, 0.05) is 10.0 Å². The Morgan fingerprint density at radius 2 is 1.93 bits per heavy atom. The Bertz CT molecular complexity index is 324. The minimum atomic E-state index is -4.79. The van der Waals surface area contributed by atoms with Crippen LogP contribution in [0, 0.1) is 0 Å². The lowest BCUT2D eigenvalue weighted by Crippen LogP contribution is -2.18. The largest absolute Gasteiger partial charge is 0.573 e. The highest BCUT2D eigenvalue weighted by Crippen LogP contribution is 2.29. The molecule has 14 heavy (non-hydrogen) atoms. The third-order valence-corrected chi connectivity index (χ3v) is 1.89. The first-order valence-electron chi connectivity index (χ1n) is 3.52. The highest BCUT2D eigenvalue weighted by molar-refractivity contribution is 9.10. The van der Waals surface area contributed by atoms with Crippen LogP contribution < -0.4 is 4.74 Å². The van der Waals surface area contributed by atoms with Crippen LogP contribution in [0.15, 0.2) is 22.7 Å². The summed E-state index contributed by atoms with van der Waals surface area (Å²) in [6.07, 6.45) is -4.79. The van der Waals surface area contributed by atoms with Crippen molar-refractivity contribution in [3.8, 4) is 5.75 Å². The molecule has 0 saturated carbocycles. The molecule has 0 saturated heterocycles. The molecule has 0 aliphatic rings. The molecule has 0 radical (unpaired) electrons. The summed E-state index contributed by atoms with van der Waals surface area (Å²) in [5, 5.41) is 0. The maximum Gasteiger partial charge on any atom is 0.573 e. The number of hydrogen-bond acceptors (Lipinski definition) is 1. The van der Waals surface area contributed by atoms with E-state index in [-0.39, 0.29) is 5.56 Å². The quantitative estimate of drug-likeness (QED) is 0.744. The van der Waals surface area contributed by atoms with Crippen LogP contribution >= 0.6 is 15.9 Å². The van der Waals surface area contributed by atoms with E-state index in [2.05, 4.69) is 20.7 Å². The van der Waals surface area contributed by atoms with Crippen molar-refractivity contribution in [1.29, 1.82) is 0 Å². The van der Waals surface area contributed by atoms with Gasteiger partial charge in [-0.3, -0.25) is 0 Å². The standard InChI is InChI=1S/C8H5BrF4O/c9-6-1-2-7(5(3-6)4-10)14-8(11,12)13/h1-3H,4H2. The van der Waals surface area contributed by atoms with Gasteiger partial charge in [0.1, 0.15) is 12.4 Å². The van der Waals surface area contributed by atoms with Crippen molar-refractivity contribution in [2.75, 3.05) is 0 Å². The SMILES string of the molecule is FCc1cc(Br)ccc1OC(F)(F)F. The highest BCUT2D eigenvalue weighted by Gasteiger charge is 2.32. The number of halogens is 5. The van der Waals surface area contributed by atoms with Crippen LogP contribution in [-0.2, 0) is 6.67 Å². The molecule has 0 aliphatic carbocycles. The smallest absolute Gasteiger partial charge is 0.405 e. The lowest BCUT2D eigenvalue weighted by molar-refractivity contribution is -0.275. The normalized spacial score (nSPS) is 11.5. The molecule has 0 spiro atoms. The van der Waals surface area contributed by atoms with Gasteiger partial charge in [-0.25, -0.2) is 4.39 Å². The molecule has 1 aromatic carbocycles. The molecule has 0 bridgehead atoms. The van der Waals surface area contributed by atoms with Crippen LogP contribution in [0.1, 0.15) is 5.56 Å². The Hall–Kier alpha value is -0.780. The summed E-state index contributed by atoms with van der Waals surface area (Å²) in [5.74, 6) is -0.511. The van der Waals surface area contributed by atoms with Crippen molar-refractivity contribution < 1.29 is 22.3 Å². The molecule has 0 heterocycles. The monoisotopic (exact) mass is 272 g/mol. The molecule has 78 valence electrons. The van der Waals surface area contributed by atoms with E-state index in [4.69, 9.17) is 0 Å². The maximum atomic E-state index is 12.3. The van der Waals surface area contributed by atoms with Crippen LogP contribution in [0.5, 0.6) is 5.75 Å². The van der Waals surface area contributed by atoms with E-state index in [0.717, 1.165) is 6.07 Å². The molecule has 1 nitrogen and oxygen atoms in total. The van der Waals surface area contributed by atoms with Gasteiger partial charge in [-0.2, -0.15) is 0 Å². The summed E-state index contributed by atoms with van der Waals surface area (Å²) >= 11 is 3.01. The van der Waals surface area contributed by atoms with Gasteiger partial charge in [0.2, 0.25) is 0 Å². The van der Waals surface area contributed by atoms with E-state index < -0.39 is 18.8 Å². The van der Waals surface area contributed by atoms with Crippen molar-refractivity contribution in [3.05, 3.63) is 28.2 Å². The topological polar surface area (TPSA) is 9.23 Å². The molecule has 0 atom stereocenters. The van der Waals surface area contributed by atoms with Crippen LogP contribution in [-0.4, -0.2) is 6.36 Å². The van der Waals surface area contributed by atoms with E-state index in [1.54, 1.807) is 0 Å². The van der Waals surface area contributed by atoms with Gasteiger partial charge in [0.15, 0.2) is 0 Å². The summed E-state index contributed by atoms with van der Waals surface area (Å²) in [6, 6.07) is 3.65. The average Bonchev–Trinajstić information content (AvgIpc) is 2.06. The fourth-order valence-corrected chi connectivity index (χ4v) is 1.29. The van der Waals surface area contributed by atoms with E-state index in [1.807, 2.05) is 0 Å². The Kier molecular flexibility index (Phi) is 3.36. The lowest BCUT2D eigenvalue weighted by Gasteiger charge is -2.11. The lowest BCUT2D eigenvalue weighted by atomic mass is 10.2. The Morgan fingerprint density at radius 1 is 1.29 bits per heavy atom. The second-order valence-electron chi connectivity index (χ2n) is 2.43. The number of ether oxygens (including phenoxy) is 1. The summed E-state index contributed by atoms with van der Waals surface area (Å²) < 4.78 is 51.8. The number of hydrogen-bond donors (Lipinski definition) is 0. The first-order valence-corrected chi connectivity index (χ1v) is 4.32. The minimum Gasteiger partial charge on any atom is -0.405 e. The number of alkyl halides is 4. The first-order chi connectivity index (χ1) is 6.42. The first kappa shape index (κ1) is 11.3. The van der Waals surface area contributed by atoms with Crippen molar-refractivity contribution in [2.45, 2.75) is 13.0 Å². The fourth-order valence-electron chi connectivity index (χ4n) is 0.877. The molecular weight excluding hydrogens is 268 g/mol. The van der Waals surface area contributed by atoms with Crippen molar-refractivity contribution in [3.63, 3.8) is 0 Å². The molecule has 0 N–H and O–H groups in total. The van der Waals surface area contributed by atoms with Crippen LogP contribution in [0.3, 0.4) is 0 Å². The summed E-state index contributed by atoms with van der Waals surface area (Å²) in [4.78, 5) is 0. The van der Waals surface area contributed by atoms with Crippen molar-refractivity contribution in [1.82, 2.24) is 0 Å². The summed E-state index contributed by atoms with van der Waals surface area (Å²) in [6.45, 7) is -1.01. The molecular formula is C8H5BrF4O. The predicted octanol–water partition coefficient (Wildman–Crippen LogP) is 3.82. The Morgan fingerprint density at radius 3 is 2.43 bits per heavy atom. The Labute approximate surface area is 85.8 Å². The van der Waals surface area contributed by atoms with Gasteiger partial charge in [-0.05, 0) is 18.2 Å². The molecule has 0 fully saturated rings. The predicted molar refractivity (Wildman–Crippen MR) is 45.6 cm³/mol. The minimum absolute atomic E-state index is 0.142. The molecule has 0 aliphatic heterocycles. The Balaban J connectivity index is 2.97. The zero-order valence-electron chi connectivity index (χ0n) is 6.74. The van der Waals surface area contributed by atoms with E-state index >= 15 is 0 Å². The third-order valence-electron chi connectivity index (χ3n) is 1.39. The second-order valence-corrected chi connectivity index (χ2v) is 3.35. The zero-order valence-corrected chi connectivity index (χ0v) is 8.32. The highest BCUT2D eigenvalue weighted by atomic mass is 79.9. The van der Waals surface area contributed by atoms with Crippen LogP contribution in [0.2, 0.25) is 0 Å². The summed E-state index contributed by atoms with van der Waals surface area (Å²) in [5.41, 5.74) is -0.142. The van der Waals surface area contributed by atoms with Gasteiger partial charge >= 0.3 is 6.36 Å². The molecule has 6 heteroatoms. The van der Waals surface area contributed by atoms with Crippen LogP contribution in [0.4, 0.5) is 17.6 Å². The second kappa shape index (κ2) is 4.16. The molecule has 0 amide bonds. The third kappa shape index (κ3) is 3.17. The zero-order chi connectivity index (χ0) is 10.8. The van der Waals surface area contributed by atoms with Gasteiger partial charge in [-0.1, -0.05) is 15.9 Å². The molecule has 1 aromatic rings. The average molecular weight is 273 g/mol.